The van der Waals surface area contributed by atoms with Crippen LogP contribution in [-0.4, -0.2) is 18.2 Å². The summed E-state index contributed by atoms with van der Waals surface area (Å²) >= 11 is 0. The molecule has 1 aromatic heterocycles. The molecule has 3 aromatic rings. The van der Waals surface area contributed by atoms with Crippen LogP contribution in [0.1, 0.15) is 22.7 Å². The van der Waals surface area contributed by atoms with Crippen LogP contribution >= 0.6 is 0 Å². The number of nitrogens with zero attached hydrogens (tertiary/aromatic N) is 2. The Balaban J connectivity index is 1.82. The smallest absolute Gasteiger partial charge is 0.0892 e. The van der Waals surface area contributed by atoms with Gasteiger partial charge >= 0.3 is 0 Å². The van der Waals surface area contributed by atoms with E-state index in [-0.39, 0.29) is 6.04 Å². The molecule has 0 bridgehead atoms. The topological polar surface area (TPSA) is 63.3 Å². The standard InChI is InChI=1S/C20H18N4/c1-22-18-12-23-10-9-17(18)24-11-13-5-4-8-16-19(13)14-6-2-3-7-15(14)20(16)21/h2-12,20,22H,21H2,1H3. The van der Waals surface area contributed by atoms with Crippen LogP contribution in [0, 0.1) is 0 Å². The van der Waals surface area contributed by atoms with Gasteiger partial charge in [-0.2, -0.15) is 0 Å². The Hall–Kier alpha value is -2.98. The Morgan fingerprint density at radius 3 is 2.79 bits per heavy atom. The van der Waals surface area contributed by atoms with Gasteiger partial charge in [-0.25, -0.2) is 0 Å². The molecule has 1 aliphatic rings. The Morgan fingerprint density at radius 2 is 1.92 bits per heavy atom. The molecule has 0 spiro atoms. The molecule has 1 heterocycles. The van der Waals surface area contributed by atoms with Crippen molar-refractivity contribution in [3.05, 3.63) is 77.6 Å². The quantitative estimate of drug-likeness (QED) is 0.721. The molecule has 3 N–H and O–H groups in total. The van der Waals surface area contributed by atoms with Crippen LogP contribution in [0.25, 0.3) is 11.1 Å². The van der Waals surface area contributed by atoms with E-state index in [1.54, 1.807) is 12.4 Å². The highest BCUT2D eigenvalue weighted by molar-refractivity contribution is 5.96. The molecule has 0 fully saturated rings. The van der Waals surface area contributed by atoms with Crippen molar-refractivity contribution in [2.24, 2.45) is 10.7 Å². The number of aliphatic imine (C=N–C) groups is 1. The third kappa shape index (κ3) is 2.28. The highest BCUT2D eigenvalue weighted by Crippen LogP contribution is 2.43. The first kappa shape index (κ1) is 14.6. The third-order valence-electron chi connectivity index (χ3n) is 4.44. The van der Waals surface area contributed by atoms with Gasteiger partial charge in [-0.15, -0.1) is 0 Å². The van der Waals surface area contributed by atoms with Crippen LogP contribution in [-0.2, 0) is 0 Å². The molecule has 0 saturated heterocycles. The van der Waals surface area contributed by atoms with Gasteiger partial charge in [-0.05, 0) is 28.3 Å². The lowest BCUT2D eigenvalue weighted by Crippen LogP contribution is -2.07. The molecule has 0 radical (unpaired) electrons. The monoisotopic (exact) mass is 314 g/mol. The van der Waals surface area contributed by atoms with Crippen molar-refractivity contribution in [1.29, 1.82) is 0 Å². The molecule has 0 saturated carbocycles. The van der Waals surface area contributed by atoms with Crippen molar-refractivity contribution in [2.75, 3.05) is 12.4 Å². The van der Waals surface area contributed by atoms with Gasteiger partial charge in [0.25, 0.3) is 0 Å². The van der Waals surface area contributed by atoms with Gasteiger partial charge in [-0.1, -0.05) is 42.5 Å². The predicted molar refractivity (Wildman–Crippen MR) is 98.9 cm³/mol. The Labute approximate surface area is 141 Å². The van der Waals surface area contributed by atoms with E-state index in [4.69, 9.17) is 5.73 Å². The second-order valence-corrected chi connectivity index (χ2v) is 5.78. The summed E-state index contributed by atoms with van der Waals surface area (Å²) in [4.78, 5) is 8.77. The maximum absolute atomic E-state index is 6.42. The van der Waals surface area contributed by atoms with Gasteiger partial charge in [0, 0.05) is 25.0 Å². The van der Waals surface area contributed by atoms with E-state index in [2.05, 4.69) is 45.6 Å². The second kappa shape index (κ2) is 5.91. The van der Waals surface area contributed by atoms with E-state index < -0.39 is 0 Å². The number of aromatic nitrogens is 1. The lowest BCUT2D eigenvalue weighted by molar-refractivity contribution is 0.901. The zero-order chi connectivity index (χ0) is 16.5. The van der Waals surface area contributed by atoms with Gasteiger partial charge in [0.15, 0.2) is 0 Å². The van der Waals surface area contributed by atoms with Crippen LogP contribution in [0.2, 0.25) is 0 Å². The molecule has 0 amide bonds. The van der Waals surface area contributed by atoms with Crippen molar-refractivity contribution in [3.63, 3.8) is 0 Å². The third-order valence-corrected chi connectivity index (χ3v) is 4.44. The van der Waals surface area contributed by atoms with Gasteiger partial charge in [0.1, 0.15) is 0 Å². The molecule has 4 heteroatoms. The summed E-state index contributed by atoms with van der Waals surface area (Å²) in [6.07, 6.45) is 5.42. The molecule has 0 aliphatic heterocycles. The van der Waals surface area contributed by atoms with E-state index in [1.807, 2.05) is 31.5 Å². The Kier molecular flexibility index (Phi) is 3.59. The summed E-state index contributed by atoms with van der Waals surface area (Å²) in [5.41, 5.74) is 14.0. The zero-order valence-corrected chi connectivity index (χ0v) is 13.4. The van der Waals surface area contributed by atoms with Gasteiger partial charge in [0.05, 0.1) is 23.6 Å². The molecule has 118 valence electrons. The molecule has 1 atom stereocenters. The highest BCUT2D eigenvalue weighted by Gasteiger charge is 2.26. The fourth-order valence-electron chi connectivity index (χ4n) is 3.26. The molecule has 4 rings (SSSR count). The first-order valence-corrected chi connectivity index (χ1v) is 7.93. The fourth-order valence-corrected chi connectivity index (χ4v) is 3.26. The highest BCUT2D eigenvalue weighted by atomic mass is 14.9. The molecular formula is C20H18N4. The Morgan fingerprint density at radius 1 is 1.08 bits per heavy atom. The van der Waals surface area contributed by atoms with E-state index in [9.17, 15) is 0 Å². The normalized spacial score (nSPS) is 15.3. The van der Waals surface area contributed by atoms with Crippen LogP contribution < -0.4 is 11.1 Å². The number of rotatable bonds is 3. The summed E-state index contributed by atoms with van der Waals surface area (Å²) in [5.74, 6) is 0. The predicted octanol–water partition coefficient (Wildman–Crippen LogP) is 3.90. The summed E-state index contributed by atoms with van der Waals surface area (Å²) < 4.78 is 0. The van der Waals surface area contributed by atoms with Crippen molar-refractivity contribution < 1.29 is 0 Å². The van der Waals surface area contributed by atoms with Crippen LogP contribution in [0.5, 0.6) is 0 Å². The first-order valence-electron chi connectivity index (χ1n) is 7.93. The zero-order valence-electron chi connectivity index (χ0n) is 13.4. The van der Waals surface area contributed by atoms with Crippen molar-refractivity contribution in [3.8, 4) is 11.1 Å². The van der Waals surface area contributed by atoms with Gasteiger partial charge in [-0.3, -0.25) is 9.98 Å². The number of fused-ring (bicyclic) bond motifs is 3. The minimum absolute atomic E-state index is 0.0710. The molecule has 24 heavy (non-hydrogen) atoms. The lowest BCUT2D eigenvalue weighted by atomic mass is 10.00. The van der Waals surface area contributed by atoms with E-state index in [0.29, 0.717) is 0 Å². The number of hydrogen-bond donors (Lipinski definition) is 2. The minimum atomic E-state index is -0.0710. The molecule has 1 aliphatic carbocycles. The Bertz CT molecular complexity index is 930. The molecule has 4 nitrogen and oxygen atoms in total. The van der Waals surface area contributed by atoms with Crippen LogP contribution in [0.3, 0.4) is 0 Å². The summed E-state index contributed by atoms with van der Waals surface area (Å²) in [6, 6.07) is 16.4. The number of nitrogens with two attached hydrogens (primary N) is 1. The SMILES string of the molecule is CNc1cnccc1N=Cc1cccc2c1-c1ccccc1C2N. The fraction of sp³-hybridized carbons (Fsp3) is 0.100. The summed E-state index contributed by atoms with van der Waals surface area (Å²) in [7, 11) is 1.87. The minimum Gasteiger partial charge on any atom is -0.385 e. The summed E-state index contributed by atoms with van der Waals surface area (Å²) in [6.45, 7) is 0. The lowest BCUT2D eigenvalue weighted by Gasteiger charge is -2.07. The summed E-state index contributed by atoms with van der Waals surface area (Å²) in [5, 5.41) is 3.11. The molecular weight excluding hydrogens is 296 g/mol. The average molecular weight is 314 g/mol. The van der Waals surface area contributed by atoms with Gasteiger partial charge in [0.2, 0.25) is 0 Å². The maximum atomic E-state index is 6.42. The second-order valence-electron chi connectivity index (χ2n) is 5.78. The number of nitrogens with one attached hydrogen (secondary N) is 1. The van der Waals surface area contributed by atoms with Crippen LogP contribution in [0.4, 0.5) is 11.4 Å². The van der Waals surface area contributed by atoms with Crippen molar-refractivity contribution >= 4 is 17.6 Å². The number of benzene rings is 2. The first-order chi connectivity index (χ1) is 11.8. The number of anilines is 1. The van der Waals surface area contributed by atoms with E-state index >= 15 is 0 Å². The van der Waals surface area contributed by atoms with E-state index in [1.165, 1.54) is 16.7 Å². The average Bonchev–Trinajstić information content (AvgIpc) is 2.94. The largest absolute Gasteiger partial charge is 0.385 e. The number of pyridine rings is 1. The maximum Gasteiger partial charge on any atom is 0.0892 e. The van der Waals surface area contributed by atoms with Gasteiger partial charge < -0.3 is 11.1 Å². The molecule has 1 unspecified atom stereocenters. The molecule has 2 aromatic carbocycles. The van der Waals surface area contributed by atoms with E-state index in [0.717, 1.165) is 22.5 Å². The van der Waals surface area contributed by atoms with Crippen LogP contribution in [0.15, 0.2) is 65.9 Å². The van der Waals surface area contributed by atoms with Crippen molar-refractivity contribution in [2.45, 2.75) is 6.04 Å². The van der Waals surface area contributed by atoms with Crippen molar-refractivity contribution in [1.82, 2.24) is 4.98 Å². The number of hydrogen-bond acceptors (Lipinski definition) is 4.